The lowest BCUT2D eigenvalue weighted by Gasteiger charge is -2.15. The van der Waals surface area contributed by atoms with Gasteiger partial charge in [-0.05, 0) is 81.1 Å². The van der Waals surface area contributed by atoms with Crippen molar-refractivity contribution in [3.63, 3.8) is 0 Å². The van der Waals surface area contributed by atoms with Gasteiger partial charge in [0.05, 0.1) is 19.4 Å². The highest BCUT2D eigenvalue weighted by Gasteiger charge is 2.08. The minimum absolute atomic E-state index is 0.575. The summed E-state index contributed by atoms with van der Waals surface area (Å²) in [4.78, 5) is 4.77. The Labute approximate surface area is 180 Å². The highest BCUT2D eigenvalue weighted by molar-refractivity contribution is 5.83. The van der Waals surface area contributed by atoms with Crippen molar-refractivity contribution in [3.05, 3.63) is 64.2 Å². The molecule has 0 aliphatic carbocycles. The molecule has 0 radical (unpaired) electrons. The third-order valence-electron chi connectivity index (χ3n) is 4.67. The molecule has 0 atom stereocenters. The van der Waals surface area contributed by atoms with Gasteiger partial charge in [-0.3, -0.25) is 0 Å². The van der Waals surface area contributed by atoms with Gasteiger partial charge in [0, 0.05) is 12.0 Å². The van der Waals surface area contributed by atoms with E-state index in [9.17, 15) is 0 Å². The highest BCUT2D eigenvalue weighted by Crippen LogP contribution is 2.28. The zero-order valence-corrected chi connectivity index (χ0v) is 19.0. The maximum atomic E-state index is 6.02. The molecule has 0 spiro atoms. The van der Waals surface area contributed by atoms with Crippen LogP contribution in [-0.4, -0.2) is 33.1 Å². The number of allylic oxidation sites excluding steroid dienone is 1. The van der Waals surface area contributed by atoms with Gasteiger partial charge in [-0.1, -0.05) is 17.3 Å². The van der Waals surface area contributed by atoms with E-state index in [1.807, 2.05) is 71.0 Å². The zero-order chi connectivity index (χ0) is 21.9. The Morgan fingerprint density at radius 2 is 1.37 bits per heavy atom. The Morgan fingerprint density at radius 1 is 0.800 bits per heavy atom. The standard InChI is InChI=1S/C25H33NO4/c1-7-8-10-28-23-15-20(4)25(21(5)16-23)30-12-9-11-29-22-13-18(2)24(17-26-27-6)19(3)14-22/h7-8,13-17H,9-12H2,1-6H3/b8-7+,26-17?. The third-order valence-corrected chi connectivity index (χ3v) is 4.67. The average Bonchev–Trinajstić information content (AvgIpc) is 2.69. The van der Waals surface area contributed by atoms with E-state index < -0.39 is 0 Å². The molecule has 5 heteroatoms. The molecule has 0 N–H and O–H groups in total. The Balaban J connectivity index is 1.85. The van der Waals surface area contributed by atoms with Crippen LogP contribution in [0, 0.1) is 27.7 Å². The van der Waals surface area contributed by atoms with E-state index in [0.29, 0.717) is 19.8 Å². The van der Waals surface area contributed by atoms with Gasteiger partial charge in [0.25, 0.3) is 0 Å². The Bertz CT molecular complexity index is 841. The minimum Gasteiger partial charge on any atom is -0.493 e. The molecule has 0 saturated heterocycles. The second-order valence-corrected chi connectivity index (χ2v) is 7.20. The van der Waals surface area contributed by atoms with Gasteiger partial charge < -0.3 is 19.0 Å². The van der Waals surface area contributed by atoms with Crippen LogP contribution in [0.4, 0.5) is 0 Å². The molecule has 0 unspecified atom stereocenters. The van der Waals surface area contributed by atoms with Crippen LogP contribution in [0.5, 0.6) is 17.2 Å². The average molecular weight is 412 g/mol. The van der Waals surface area contributed by atoms with Gasteiger partial charge in [0.15, 0.2) is 0 Å². The molecule has 5 nitrogen and oxygen atoms in total. The van der Waals surface area contributed by atoms with Gasteiger partial charge >= 0.3 is 0 Å². The summed E-state index contributed by atoms with van der Waals surface area (Å²) in [6.45, 7) is 11.9. The van der Waals surface area contributed by atoms with Crippen molar-refractivity contribution in [3.8, 4) is 17.2 Å². The summed E-state index contributed by atoms with van der Waals surface area (Å²) in [6.07, 6.45) is 6.48. The Kier molecular flexibility index (Phi) is 9.26. The molecule has 162 valence electrons. The summed E-state index contributed by atoms with van der Waals surface area (Å²) >= 11 is 0. The number of nitrogens with zero attached hydrogens (tertiary/aromatic N) is 1. The van der Waals surface area contributed by atoms with Crippen molar-refractivity contribution < 1.29 is 19.0 Å². The van der Waals surface area contributed by atoms with Crippen LogP contribution in [-0.2, 0) is 4.84 Å². The number of benzene rings is 2. The molecule has 0 aromatic heterocycles. The molecule has 0 saturated carbocycles. The maximum absolute atomic E-state index is 6.02. The van der Waals surface area contributed by atoms with E-state index in [1.165, 1.54) is 7.11 Å². The van der Waals surface area contributed by atoms with Crippen molar-refractivity contribution >= 4 is 6.21 Å². The summed E-state index contributed by atoms with van der Waals surface area (Å²) in [5.41, 5.74) is 5.41. The Hall–Kier alpha value is -2.95. The van der Waals surface area contributed by atoms with Crippen LogP contribution in [0.15, 0.2) is 41.6 Å². The van der Waals surface area contributed by atoms with E-state index in [-0.39, 0.29) is 0 Å². The zero-order valence-electron chi connectivity index (χ0n) is 19.0. The highest BCUT2D eigenvalue weighted by atomic mass is 16.6. The van der Waals surface area contributed by atoms with Crippen LogP contribution in [0.25, 0.3) is 0 Å². The number of oxime groups is 1. The molecule has 0 amide bonds. The van der Waals surface area contributed by atoms with Crippen molar-refractivity contribution in [2.45, 2.75) is 41.0 Å². The van der Waals surface area contributed by atoms with Gasteiger partial charge in [-0.25, -0.2) is 0 Å². The molecule has 2 aromatic rings. The predicted octanol–water partition coefficient (Wildman–Crippen LogP) is 5.70. The second-order valence-electron chi connectivity index (χ2n) is 7.20. The first-order chi connectivity index (χ1) is 14.5. The van der Waals surface area contributed by atoms with Crippen LogP contribution in [0.2, 0.25) is 0 Å². The number of hydrogen-bond donors (Lipinski definition) is 0. The van der Waals surface area contributed by atoms with E-state index in [0.717, 1.165) is 51.5 Å². The summed E-state index contributed by atoms with van der Waals surface area (Å²) in [7, 11) is 1.54. The maximum Gasteiger partial charge on any atom is 0.125 e. The lowest BCUT2D eigenvalue weighted by molar-refractivity contribution is 0.215. The summed E-state index contributed by atoms with van der Waals surface area (Å²) < 4.78 is 17.7. The molecule has 0 aliphatic rings. The third kappa shape index (κ3) is 6.83. The smallest absolute Gasteiger partial charge is 0.125 e. The fourth-order valence-electron chi connectivity index (χ4n) is 3.21. The quantitative estimate of drug-likeness (QED) is 0.206. The van der Waals surface area contributed by atoms with E-state index >= 15 is 0 Å². The molecular formula is C25H33NO4. The molecule has 0 bridgehead atoms. The fourth-order valence-corrected chi connectivity index (χ4v) is 3.21. The number of rotatable bonds is 11. The Morgan fingerprint density at radius 3 is 1.97 bits per heavy atom. The summed E-state index contributed by atoms with van der Waals surface area (Å²) in [6, 6.07) is 8.07. The molecule has 2 aromatic carbocycles. The van der Waals surface area contributed by atoms with Crippen molar-refractivity contribution in [2.75, 3.05) is 26.9 Å². The minimum atomic E-state index is 0.575. The summed E-state index contributed by atoms with van der Waals surface area (Å²) in [5.74, 6) is 2.64. The first kappa shape index (κ1) is 23.3. The monoisotopic (exact) mass is 411 g/mol. The van der Waals surface area contributed by atoms with Gasteiger partial charge in [-0.2, -0.15) is 0 Å². The first-order valence-corrected chi connectivity index (χ1v) is 10.2. The van der Waals surface area contributed by atoms with Crippen LogP contribution in [0.3, 0.4) is 0 Å². The lowest BCUT2D eigenvalue weighted by Crippen LogP contribution is -2.07. The second kappa shape index (κ2) is 11.9. The number of aryl methyl sites for hydroxylation is 4. The number of ether oxygens (including phenoxy) is 3. The lowest BCUT2D eigenvalue weighted by atomic mass is 10.0. The molecule has 0 fully saturated rings. The van der Waals surface area contributed by atoms with Crippen molar-refractivity contribution in [2.24, 2.45) is 5.16 Å². The predicted molar refractivity (Wildman–Crippen MR) is 122 cm³/mol. The van der Waals surface area contributed by atoms with E-state index in [4.69, 9.17) is 19.0 Å². The molecule has 0 heterocycles. The van der Waals surface area contributed by atoms with Gasteiger partial charge in [-0.15, -0.1) is 0 Å². The topological polar surface area (TPSA) is 49.3 Å². The largest absolute Gasteiger partial charge is 0.493 e. The molecule has 0 aliphatic heterocycles. The first-order valence-electron chi connectivity index (χ1n) is 10.2. The molecule has 30 heavy (non-hydrogen) atoms. The van der Waals surface area contributed by atoms with Crippen LogP contribution >= 0.6 is 0 Å². The van der Waals surface area contributed by atoms with Crippen molar-refractivity contribution in [1.82, 2.24) is 0 Å². The van der Waals surface area contributed by atoms with Gasteiger partial charge in [0.1, 0.15) is 31.0 Å². The van der Waals surface area contributed by atoms with E-state index in [2.05, 4.69) is 5.16 Å². The molecule has 2 rings (SSSR count). The summed E-state index contributed by atoms with van der Waals surface area (Å²) in [5, 5.41) is 3.85. The normalized spacial score (nSPS) is 11.3. The van der Waals surface area contributed by atoms with Crippen molar-refractivity contribution in [1.29, 1.82) is 0 Å². The molecular weight excluding hydrogens is 378 g/mol. The number of hydrogen-bond acceptors (Lipinski definition) is 5. The van der Waals surface area contributed by atoms with Crippen LogP contribution in [0.1, 0.15) is 41.2 Å². The van der Waals surface area contributed by atoms with Crippen LogP contribution < -0.4 is 14.2 Å². The fraction of sp³-hybridized carbons (Fsp3) is 0.400. The SMILES string of the molecule is C/C=C/COc1cc(C)c(OCCCOc2cc(C)c(C=NOC)c(C)c2)c(C)c1. The van der Waals surface area contributed by atoms with E-state index in [1.54, 1.807) is 6.21 Å². The van der Waals surface area contributed by atoms with Gasteiger partial charge in [0.2, 0.25) is 0 Å².